The number of ether oxygens (including phenoxy) is 2. The van der Waals surface area contributed by atoms with Crippen LogP contribution in [0.1, 0.15) is 25.3 Å². The minimum atomic E-state index is -2.93. The molecule has 156 valence electrons. The normalized spacial score (nSPS) is 15.1. The van der Waals surface area contributed by atoms with E-state index in [-0.39, 0.29) is 18.3 Å². The molecule has 1 amide bonds. The van der Waals surface area contributed by atoms with E-state index < -0.39 is 12.7 Å². The average molecular weight is 419 g/mol. The second-order valence-corrected chi connectivity index (χ2v) is 6.68. The molecule has 0 spiro atoms. The van der Waals surface area contributed by atoms with Crippen LogP contribution in [0.3, 0.4) is 0 Å². The van der Waals surface area contributed by atoms with Gasteiger partial charge < -0.3 is 25.4 Å². The Kier molecular flexibility index (Phi) is 8.56. The van der Waals surface area contributed by atoms with E-state index in [9.17, 15) is 13.6 Å². The van der Waals surface area contributed by atoms with Crippen molar-refractivity contribution >= 4 is 23.7 Å². The molecule has 0 saturated heterocycles. The second-order valence-electron chi connectivity index (χ2n) is 6.25. The van der Waals surface area contributed by atoms with Gasteiger partial charge in [-0.05, 0) is 43.9 Å². The van der Waals surface area contributed by atoms with Gasteiger partial charge in [0.2, 0.25) is 0 Å². The summed E-state index contributed by atoms with van der Waals surface area (Å²) < 4.78 is 34.6. The third-order valence-corrected chi connectivity index (χ3v) is 4.40. The summed E-state index contributed by atoms with van der Waals surface area (Å²) in [5, 5.41) is 9.42. The lowest BCUT2D eigenvalue weighted by molar-refractivity contribution is -0.0504. The van der Waals surface area contributed by atoms with Crippen LogP contribution in [-0.2, 0) is 11.3 Å². The van der Waals surface area contributed by atoms with Crippen LogP contribution >= 0.6 is 11.6 Å². The molecule has 1 aromatic carbocycles. The molecule has 1 unspecified atom stereocenters. The van der Waals surface area contributed by atoms with Crippen LogP contribution in [0.5, 0.6) is 5.75 Å². The molecule has 0 aliphatic heterocycles. The number of benzene rings is 1. The highest BCUT2D eigenvalue weighted by atomic mass is 35.5. The highest BCUT2D eigenvalue weighted by molar-refractivity contribution is 6.30. The monoisotopic (exact) mass is 418 g/mol. The molecule has 1 fully saturated rings. The van der Waals surface area contributed by atoms with Crippen LogP contribution in [0.25, 0.3) is 0 Å². The van der Waals surface area contributed by atoms with Crippen LogP contribution in [-0.4, -0.2) is 44.9 Å². The van der Waals surface area contributed by atoms with Crippen molar-refractivity contribution in [2.24, 2.45) is 10.9 Å². The first-order valence-corrected chi connectivity index (χ1v) is 9.41. The Balaban J connectivity index is 1.90. The highest BCUT2D eigenvalue weighted by Gasteiger charge is 2.32. The number of carbonyl (C=O) groups is 1. The van der Waals surface area contributed by atoms with E-state index in [1.165, 1.54) is 12.1 Å². The molecule has 7 nitrogen and oxygen atoms in total. The molecule has 1 aliphatic rings. The molecule has 0 aromatic heterocycles. The van der Waals surface area contributed by atoms with Crippen molar-refractivity contribution in [3.8, 4) is 5.75 Å². The number of guanidine groups is 1. The molecule has 1 saturated carbocycles. The number of rotatable bonds is 9. The molecule has 1 atom stereocenters. The van der Waals surface area contributed by atoms with Gasteiger partial charge in [0.15, 0.2) is 5.96 Å². The standard InChI is InChI=1S/C18H25ClF2N4O3/c1-3-27-18(26)25-14(11-4-5-11)10-24-17(22-2)23-9-12-8-13(19)6-7-15(12)28-16(20)21/h6-8,11,14,16H,3-5,9-10H2,1-2H3,(H,25,26)(H2,22,23,24). The number of alkyl halides is 2. The van der Waals surface area contributed by atoms with Crippen LogP contribution in [0, 0.1) is 5.92 Å². The first-order valence-electron chi connectivity index (χ1n) is 9.04. The highest BCUT2D eigenvalue weighted by Crippen LogP contribution is 2.32. The van der Waals surface area contributed by atoms with Gasteiger partial charge in [0.05, 0.1) is 12.6 Å². The Morgan fingerprint density at radius 3 is 2.71 bits per heavy atom. The van der Waals surface area contributed by atoms with Gasteiger partial charge in [-0.15, -0.1) is 0 Å². The molecule has 10 heteroatoms. The fourth-order valence-corrected chi connectivity index (χ4v) is 2.86. The summed E-state index contributed by atoms with van der Waals surface area (Å²) in [4.78, 5) is 15.8. The van der Waals surface area contributed by atoms with E-state index in [0.717, 1.165) is 12.8 Å². The third kappa shape index (κ3) is 7.38. The Morgan fingerprint density at radius 1 is 1.36 bits per heavy atom. The van der Waals surface area contributed by atoms with Crippen molar-refractivity contribution in [3.63, 3.8) is 0 Å². The van der Waals surface area contributed by atoms with E-state index in [1.54, 1.807) is 20.0 Å². The summed E-state index contributed by atoms with van der Waals surface area (Å²) in [5.41, 5.74) is 0.471. The quantitative estimate of drug-likeness (QED) is 0.424. The zero-order valence-corrected chi connectivity index (χ0v) is 16.6. The minimum Gasteiger partial charge on any atom is -0.450 e. The van der Waals surface area contributed by atoms with Gasteiger partial charge in [0, 0.05) is 30.7 Å². The van der Waals surface area contributed by atoms with Crippen LogP contribution in [0.2, 0.25) is 5.02 Å². The Labute approximate surface area is 167 Å². The number of nitrogens with one attached hydrogen (secondary N) is 3. The summed E-state index contributed by atoms with van der Waals surface area (Å²) >= 11 is 5.95. The Morgan fingerprint density at radius 2 is 2.11 bits per heavy atom. The number of alkyl carbamates (subject to hydrolysis) is 1. The number of carbonyl (C=O) groups excluding carboxylic acids is 1. The number of hydrogen-bond donors (Lipinski definition) is 3. The lowest BCUT2D eigenvalue weighted by atomic mass is 10.2. The smallest absolute Gasteiger partial charge is 0.407 e. The van der Waals surface area contributed by atoms with Crippen LogP contribution < -0.4 is 20.7 Å². The van der Waals surface area contributed by atoms with Gasteiger partial charge in [0.1, 0.15) is 5.75 Å². The summed E-state index contributed by atoms with van der Waals surface area (Å²) in [6.45, 7) is -0.230. The number of halogens is 3. The van der Waals surface area contributed by atoms with E-state index in [2.05, 4.69) is 25.7 Å². The van der Waals surface area contributed by atoms with E-state index in [4.69, 9.17) is 16.3 Å². The summed E-state index contributed by atoms with van der Waals surface area (Å²) in [5.74, 6) is 0.899. The lowest BCUT2D eigenvalue weighted by Crippen LogP contribution is -2.48. The van der Waals surface area contributed by atoms with Crippen LogP contribution in [0.4, 0.5) is 13.6 Å². The maximum atomic E-state index is 12.6. The van der Waals surface area contributed by atoms with Crippen molar-refractivity contribution in [3.05, 3.63) is 28.8 Å². The summed E-state index contributed by atoms with van der Waals surface area (Å²) in [7, 11) is 1.59. The molecular formula is C18H25ClF2N4O3. The van der Waals surface area contributed by atoms with Crippen molar-refractivity contribution in [1.82, 2.24) is 16.0 Å². The van der Waals surface area contributed by atoms with Crippen molar-refractivity contribution in [2.75, 3.05) is 20.2 Å². The number of aliphatic imine (C=N–C) groups is 1. The minimum absolute atomic E-state index is 0.0437. The predicted molar refractivity (Wildman–Crippen MR) is 103 cm³/mol. The molecule has 0 heterocycles. The molecule has 0 bridgehead atoms. The molecule has 28 heavy (non-hydrogen) atoms. The molecular weight excluding hydrogens is 394 g/mol. The third-order valence-electron chi connectivity index (χ3n) is 4.17. The Bertz CT molecular complexity index is 687. The maximum Gasteiger partial charge on any atom is 0.407 e. The average Bonchev–Trinajstić information content (AvgIpc) is 3.47. The lowest BCUT2D eigenvalue weighted by Gasteiger charge is -2.20. The van der Waals surface area contributed by atoms with Gasteiger partial charge in [-0.25, -0.2) is 4.79 Å². The van der Waals surface area contributed by atoms with E-state index >= 15 is 0 Å². The first kappa shape index (κ1) is 22.0. The van der Waals surface area contributed by atoms with Gasteiger partial charge in [0.25, 0.3) is 0 Å². The first-order chi connectivity index (χ1) is 13.4. The fourth-order valence-electron chi connectivity index (χ4n) is 2.66. The summed E-state index contributed by atoms with van der Waals surface area (Å²) in [6.07, 6.45) is 1.64. The number of nitrogens with zero attached hydrogens (tertiary/aromatic N) is 1. The number of hydrogen-bond acceptors (Lipinski definition) is 4. The molecule has 1 aromatic rings. The zero-order valence-electron chi connectivity index (χ0n) is 15.8. The Hall–Kier alpha value is -2.29. The SMILES string of the molecule is CCOC(=O)NC(CNC(=NC)NCc1cc(Cl)ccc1OC(F)F)C1CC1. The van der Waals surface area contributed by atoms with Crippen molar-refractivity contribution in [1.29, 1.82) is 0 Å². The molecule has 3 N–H and O–H groups in total. The topological polar surface area (TPSA) is 84.0 Å². The predicted octanol–water partition coefficient (Wildman–Crippen LogP) is 3.13. The molecule has 0 radical (unpaired) electrons. The zero-order chi connectivity index (χ0) is 20.5. The second kappa shape index (κ2) is 10.9. The maximum absolute atomic E-state index is 12.6. The largest absolute Gasteiger partial charge is 0.450 e. The van der Waals surface area contributed by atoms with Crippen LogP contribution in [0.15, 0.2) is 23.2 Å². The molecule has 2 rings (SSSR count). The van der Waals surface area contributed by atoms with Gasteiger partial charge in [-0.1, -0.05) is 11.6 Å². The van der Waals surface area contributed by atoms with E-state index in [0.29, 0.717) is 35.6 Å². The van der Waals surface area contributed by atoms with Gasteiger partial charge in [-0.2, -0.15) is 8.78 Å². The van der Waals surface area contributed by atoms with Gasteiger partial charge in [-0.3, -0.25) is 4.99 Å². The fraction of sp³-hybridized carbons (Fsp3) is 0.556. The summed E-state index contributed by atoms with van der Waals surface area (Å²) in [6, 6.07) is 4.35. The van der Waals surface area contributed by atoms with Crippen molar-refractivity contribution < 1.29 is 23.0 Å². The molecule has 1 aliphatic carbocycles. The van der Waals surface area contributed by atoms with Crippen molar-refractivity contribution in [2.45, 2.75) is 39.0 Å². The van der Waals surface area contributed by atoms with Gasteiger partial charge >= 0.3 is 12.7 Å². The number of amides is 1. The van der Waals surface area contributed by atoms with E-state index in [1.807, 2.05) is 0 Å².